The Balaban J connectivity index is 1.57. The first-order valence-corrected chi connectivity index (χ1v) is 10.0. The smallest absolute Gasteiger partial charge is 0.333 e. The van der Waals surface area contributed by atoms with E-state index in [1.54, 1.807) is 23.1 Å². The topological polar surface area (TPSA) is 94.4 Å². The average molecular weight is 465 g/mol. The first-order chi connectivity index (χ1) is 15.5. The van der Waals surface area contributed by atoms with Crippen LogP contribution in [0.2, 0.25) is 5.02 Å². The molecule has 12 heteroatoms. The Hall–Kier alpha value is -3.31. The van der Waals surface area contributed by atoms with E-state index in [2.05, 4.69) is 20.4 Å². The molecule has 32 heavy (non-hydrogen) atoms. The minimum atomic E-state index is -2.77. The van der Waals surface area contributed by atoms with Crippen molar-refractivity contribution in [3.63, 3.8) is 0 Å². The molecular formula is C20H19ClF2N6O3. The summed E-state index contributed by atoms with van der Waals surface area (Å²) in [6, 6.07) is 4.98. The Labute approximate surface area is 186 Å². The van der Waals surface area contributed by atoms with Crippen molar-refractivity contribution in [2.24, 2.45) is 0 Å². The maximum absolute atomic E-state index is 12.8. The molecule has 1 aliphatic heterocycles. The van der Waals surface area contributed by atoms with E-state index in [1.807, 2.05) is 0 Å². The van der Waals surface area contributed by atoms with Gasteiger partial charge in [0.05, 0.1) is 49.1 Å². The Morgan fingerprint density at radius 3 is 2.75 bits per heavy atom. The van der Waals surface area contributed by atoms with Gasteiger partial charge in [-0.2, -0.15) is 13.9 Å². The summed E-state index contributed by atoms with van der Waals surface area (Å²) in [4.78, 5) is 22.9. The van der Waals surface area contributed by atoms with Crippen LogP contribution in [0.5, 0.6) is 5.75 Å². The number of halogens is 3. The van der Waals surface area contributed by atoms with E-state index in [0.29, 0.717) is 53.5 Å². The number of aromatic nitrogens is 4. The zero-order chi connectivity index (χ0) is 22.7. The molecule has 0 atom stereocenters. The van der Waals surface area contributed by atoms with Crippen molar-refractivity contribution in [1.29, 1.82) is 0 Å². The maximum Gasteiger partial charge on any atom is 0.333 e. The number of carbonyl (C=O) groups is 1. The molecule has 3 heterocycles. The number of rotatable bonds is 6. The van der Waals surface area contributed by atoms with E-state index in [-0.39, 0.29) is 22.6 Å². The Morgan fingerprint density at radius 1 is 1.28 bits per heavy atom. The maximum atomic E-state index is 12.8. The molecule has 1 aliphatic rings. The summed E-state index contributed by atoms with van der Waals surface area (Å²) in [5.41, 5.74) is 1.56. The van der Waals surface area contributed by atoms with E-state index < -0.39 is 6.55 Å². The molecule has 1 fully saturated rings. The van der Waals surface area contributed by atoms with E-state index in [4.69, 9.17) is 21.1 Å². The highest BCUT2D eigenvalue weighted by molar-refractivity contribution is 6.32. The molecule has 0 saturated carbocycles. The fourth-order valence-electron chi connectivity index (χ4n) is 3.19. The number of ether oxygens (including phenoxy) is 2. The minimum Gasteiger partial charge on any atom is -0.495 e. The van der Waals surface area contributed by atoms with Gasteiger partial charge in [0.25, 0.3) is 5.91 Å². The number of nitrogens with zero attached hydrogens (tertiary/aromatic N) is 5. The van der Waals surface area contributed by atoms with Crippen molar-refractivity contribution in [2.75, 3.05) is 38.7 Å². The van der Waals surface area contributed by atoms with Crippen molar-refractivity contribution in [3.8, 4) is 17.0 Å². The molecule has 1 saturated heterocycles. The van der Waals surface area contributed by atoms with Crippen molar-refractivity contribution in [1.82, 2.24) is 24.6 Å². The van der Waals surface area contributed by atoms with Gasteiger partial charge in [0.1, 0.15) is 5.75 Å². The van der Waals surface area contributed by atoms with Gasteiger partial charge in [0, 0.05) is 30.4 Å². The third kappa shape index (κ3) is 4.63. The molecule has 1 amide bonds. The molecule has 168 valence electrons. The molecule has 0 bridgehead atoms. The molecule has 1 N–H and O–H groups in total. The molecule has 2 aromatic heterocycles. The summed E-state index contributed by atoms with van der Waals surface area (Å²) in [5, 5.41) is 6.80. The quantitative estimate of drug-likeness (QED) is 0.595. The van der Waals surface area contributed by atoms with Crippen LogP contribution >= 0.6 is 11.6 Å². The van der Waals surface area contributed by atoms with Crippen molar-refractivity contribution in [3.05, 3.63) is 47.4 Å². The highest BCUT2D eigenvalue weighted by Gasteiger charge is 2.20. The largest absolute Gasteiger partial charge is 0.495 e. The third-order valence-corrected chi connectivity index (χ3v) is 5.09. The molecular weight excluding hydrogens is 446 g/mol. The fourth-order valence-corrected chi connectivity index (χ4v) is 3.39. The molecule has 9 nitrogen and oxygen atoms in total. The number of hydrogen-bond donors (Lipinski definition) is 1. The van der Waals surface area contributed by atoms with Crippen LogP contribution in [0, 0.1) is 0 Å². The monoisotopic (exact) mass is 464 g/mol. The van der Waals surface area contributed by atoms with Crippen LogP contribution < -0.4 is 10.1 Å². The van der Waals surface area contributed by atoms with Gasteiger partial charge in [-0.1, -0.05) is 11.6 Å². The van der Waals surface area contributed by atoms with Crippen LogP contribution in [0.25, 0.3) is 11.3 Å². The number of anilines is 2. The molecule has 1 aromatic carbocycles. The summed E-state index contributed by atoms with van der Waals surface area (Å²) in [6.07, 6.45) is 3.75. The molecule has 0 aliphatic carbocycles. The predicted octanol–water partition coefficient (Wildman–Crippen LogP) is 3.61. The summed E-state index contributed by atoms with van der Waals surface area (Å²) in [6.45, 7) is -0.691. The number of benzene rings is 1. The molecule has 0 radical (unpaired) electrons. The lowest BCUT2D eigenvalue weighted by Gasteiger charge is -2.27. The lowest BCUT2D eigenvalue weighted by atomic mass is 10.1. The SMILES string of the molecule is COc1cc(C(=O)N2CCOCC2)ccc1Nc1ncc(Cl)c(-c2cnn(C(F)F)c2)n1. The third-order valence-electron chi connectivity index (χ3n) is 4.81. The van der Waals surface area contributed by atoms with Gasteiger partial charge in [0.15, 0.2) is 0 Å². The number of methoxy groups -OCH3 is 1. The fraction of sp³-hybridized carbons (Fsp3) is 0.300. The Bertz CT molecular complexity index is 1120. The average Bonchev–Trinajstić information content (AvgIpc) is 3.31. The van der Waals surface area contributed by atoms with Crippen LogP contribution in [0.3, 0.4) is 0 Å². The number of amides is 1. The Kier molecular flexibility index (Phi) is 6.47. The van der Waals surface area contributed by atoms with E-state index in [9.17, 15) is 13.6 Å². The van der Waals surface area contributed by atoms with Crippen LogP contribution in [0.1, 0.15) is 16.9 Å². The number of hydrogen-bond acceptors (Lipinski definition) is 7. The summed E-state index contributed by atoms with van der Waals surface area (Å²) in [5.74, 6) is 0.466. The Morgan fingerprint density at radius 2 is 2.06 bits per heavy atom. The first-order valence-electron chi connectivity index (χ1n) is 9.63. The number of nitrogens with one attached hydrogen (secondary N) is 1. The second-order valence-corrected chi connectivity index (χ2v) is 7.23. The molecule has 0 unspecified atom stereocenters. The van der Waals surface area contributed by atoms with Crippen molar-refractivity contribution in [2.45, 2.75) is 6.55 Å². The van der Waals surface area contributed by atoms with Crippen LogP contribution in [0.4, 0.5) is 20.4 Å². The van der Waals surface area contributed by atoms with Gasteiger partial charge in [-0.15, -0.1) is 0 Å². The van der Waals surface area contributed by atoms with E-state index in [1.165, 1.54) is 19.5 Å². The summed E-state index contributed by atoms with van der Waals surface area (Å²) >= 11 is 6.16. The van der Waals surface area contributed by atoms with Crippen LogP contribution in [-0.2, 0) is 4.74 Å². The normalized spacial score (nSPS) is 14.0. The van der Waals surface area contributed by atoms with Gasteiger partial charge in [0.2, 0.25) is 5.95 Å². The van der Waals surface area contributed by atoms with Crippen molar-refractivity contribution >= 4 is 29.1 Å². The molecule has 4 rings (SSSR count). The van der Waals surface area contributed by atoms with Gasteiger partial charge < -0.3 is 19.7 Å². The summed E-state index contributed by atoms with van der Waals surface area (Å²) in [7, 11) is 1.48. The van der Waals surface area contributed by atoms with Crippen LogP contribution in [-0.4, -0.2) is 64.0 Å². The molecule has 3 aromatic rings. The highest BCUT2D eigenvalue weighted by Crippen LogP contribution is 2.31. The second-order valence-electron chi connectivity index (χ2n) is 6.82. The zero-order valence-electron chi connectivity index (χ0n) is 17.0. The number of alkyl halides is 2. The highest BCUT2D eigenvalue weighted by atomic mass is 35.5. The van der Waals surface area contributed by atoms with Crippen molar-refractivity contribution < 1.29 is 23.0 Å². The standard InChI is InChI=1S/C20H19ClF2N6O3/c1-31-16-8-12(18(30)28-4-6-32-7-5-28)2-3-15(16)26-20-24-10-14(21)17(27-20)13-9-25-29(11-13)19(22)23/h2-3,8-11,19H,4-7H2,1H3,(H,24,26,27). The molecule has 0 spiro atoms. The van der Waals surface area contributed by atoms with Crippen LogP contribution in [0.15, 0.2) is 36.8 Å². The van der Waals surface area contributed by atoms with Gasteiger partial charge in [-0.3, -0.25) is 4.79 Å². The number of morpholine rings is 1. The lowest BCUT2D eigenvalue weighted by Crippen LogP contribution is -2.40. The first kappa shape index (κ1) is 21.9. The lowest BCUT2D eigenvalue weighted by molar-refractivity contribution is 0.0302. The minimum absolute atomic E-state index is 0.112. The van der Waals surface area contributed by atoms with Gasteiger partial charge in [-0.05, 0) is 18.2 Å². The van der Waals surface area contributed by atoms with Gasteiger partial charge >= 0.3 is 6.55 Å². The number of carbonyl (C=O) groups excluding carboxylic acids is 1. The zero-order valence-corrected chi connectivity index (χ0v) is 17.7. The van der Waals surface area contributed by atoms with Gasteiger partial charge in [-0.25, -0.2) is 14.6 Å². The summed E-state index contributed by atoms with van der Waals surface area (Å²) < 4.78 is 36.9. The predicted molar refractivity (Wildman–Crippen MR) is 113 cm³/mol. The second kappa shape index (κ2) is 9.45. The van der Waals surface area contributed by atoms with E-state index in [0.717, 1.165) is 6.20 Å². The van der Waals surface area contributed by atoms with E-state index >= 15 is 0 Å².